The van der Waals surface area contributed by atoms with E-state index in [1.807, 2.05) is 0 Å². The van der Waals surface area contributed by atoms with Gasteiger partial charge in [0, 0.05) is 11.1 Å². The van der Waals surface area contributed by atoms with Crippen molar-refractivity contribution < 1.29 is 28.5 Å². The highest BCUT2D eigenvalue weighted by Crippen LogP contribution is 2.38. The number of carbonyl (C=O) groups is 1. The second-order valence-corrected chi connectivity index (χ2v) is 5.70. The van der Waals surface area contributed by atoms with Gasteiger partial charge in [-0.05, 0) is 42.0 Å². The van der Waals surface area contributed by atoms with E-state index in [1.165, 1.54) is 27.4 Å². The second-order valence-electron chi connectivity index (χ2n) is 5.27. The predicted octanol–water partition coefficient (Wildman–Crippen LogP) is 4.00. The number of hydrogen-bond acceptors (Lipinski definition) is 6. The quantitative estimate of drug-likeness (QED) is 0.365. The van der Waals surface area contributed by atoms with Gasteiger partial charge in [0.2, 0.25) is 5.75 Å². The summed E-state index contributed by atoms with van der Waals surface area (Å²) in [7, 11) is 4.58. The third-order valence-corrected chi connectivity index (χ3v) is 3.73. The molecule has 0 N–H and O–H groups in total. The number of benzene rings is 2. The van der Waals surface area contributed by atoms with Crippen LogP contribution in [0.5, 0.6) is 23.0 Å². The van der Waals surface area contributed by atoms with Crippen LogP contribution in [-0.4, -0.2) is 40.5 Å². The lowest BCUT2D eigenvalue weighted by molar-refractivity contribution is -0.138. The third kappa shape index (κ3) is 6.11. The fourth-order valence-electron chi connectivity index (χ4n) is 2.27. The molecule has 0 aliphatic rings. The summed E-state index contributed by atoms with van der Waals surface area (Å²) in [6.45, 7) is 0.342. The van der Waals surface area contributed by atoms with E-state index in [0.717, 1.165) is 0 Å². The maximum Gasteiger partial charge on any atom is 0.330 e. The average molecular weight is 393 g/mol. The molecule has 0 heterocycles. The van der Waals surface area contributed by atoms with Crippen LogP contribution in [0.2, 0.25) is 5.02 Å². The lowest BCUT2D eigenvalue weighted by Crippen LogP contribution is -2.10. The van der Waals surface area contributed by atoms with Gasteiger partial charge in [-0.3, -0.25) is 0 Å². The number of hydrogen-bond donors (Lipinski definition) is 0. The first-order valence-corrected chi connectivity index (χ1v) is 8.48. The molecule has 0 saturated heterocycles. The minimum atomic E-state index is -0.488. The Balaban J connectivity index is 1.88. The summed E-state index contributed by atoms with van der Waals surface area (Å²) >= 11 is 5.87. The maximum absolute atomic E-state index is 11.8. The molecule has 0 fully saturated rings. The van der Waals surface area contributed by atoms with Gasteiger partial charge < -0.3 is 23.7 Å². The van der Waals surface area contributed by atoms with Gasteiger partial charge in [-0.1, -0.05) is 17.7 Å². The van der Waals surface area contributed by atoms with Crippen LogP contribution >= 0.6 is 11.6 Å². The van der Waals surface area contributed by atoms with E-state index in [0.29, 0.717) is 33.6 Å². The number of halogens is 1. The minimum absolute atomic E-state index is 0.116. The van der Waals surface area contributed by atoms with Crippen molar-refractivity contribution >= 4 is 23.6 Å². The summed E-state index contributed by atoms with van der Waals surface area (Å²) in [5, 5.41) is 0.581. The molecule has 144 valence electrons. The lowest BCUT2D eigenvalue weighted by Gasteiger charge is -2.12. The Labute approximate surface area is 163 Å². The number of ether oxygens (including phenoxy) is 5. The van der Waals surface area contributed by atoms with Gasteiger partial charge in [-0.2, -0.15) is 0 Å². The van der Waals surface area contributed by atoms with Crippen LogP contribution in [0.25, 0.3) is 6.08 Å². The SMILES string of the molecule is COc1cc(C=CC(=O)OCCOc2cccc(Cl)c2)cc(OC)c1OC. The molecule has 27 heavy (non-hydrogen) atoms. The Morgan fingerprint density at radius 1 is 1.00 bits per heavy atom. The van der Waals surface area contributed by atoms with E-state index in [4.69, 9.17) is 35.3 Å². The molecule has 0 unspecified atom stereocenters. The zero-order chi connectivity index (χ0) is 19.6. The van der Waals surface area contributed by atoms with Crippen LogP contribution in [0.3, 0.4) is 0 Å². The highest BCUT2D eigenvalue weighted by molar-refractivity contribution is 6.30. The monoisotopic (exact) mass is 392 g/mol. The first-order valence-electron chi connectivity index (χ1n) is 8.10. The highest BCUT2D eigenvalue weighted by Gasteiger charge is 2.12. The summed E-state index contributed by atoms with van der Waals surface area (Å²) in [6, 6.07) is 10.5. The Morgan fingerprint density at radius 3 is 2.30 bits per heavy atom. The molecule has 0 aromatic heterocycles. The summed E-state index contributed by atoms with van der Waals surface area (Å²) in [5.74, 6) is 1.61. The standard InChI is InChI=1S/C20H21ClO6/c1-23-17-11-14(12-18(24-2)20(17)25-3)7-8-19(22)27-10-9-26-16-6-4-5-15(21)13-16/h4-8,11-13H,9-10H2,1-3H3. The molecular weight excluding hydrogens is 372 g/mol. The molecule has 2 aromatic rings. The molecule has 0 aliphatic carbocycles. The van der Waals surface area contributed by atoms with Gasteiger partial charge in [-0.15, -0.1) is 0 Å². The van der Waals surface area contributed by atoms with Crippen LogP contribution in [-0.2, 0) is 9.53 Å². The molecule has 2 rings (SSSR count). The number of esters is 1. The smallest absolute Gasteiger partial charge is 0.330 e. The molecule has 0 aliphatic heterocycles. The first kappa shape index (κ1) is 20.5. The van der Waals surface area contributed by atoms with Crippen molar-refractivity contribution in [2.24, 2.45) is 0 Å². The van der Waals surface area contributed by atoms with Gasteiger partial charge >= 0.3 is 5.97 Å². The minimum Gasteiger partial charge on any atom is -0.493 e. The van der Waals surface area contributed by atoms with Gasteiger partial charge in [0.25, 0.3) is 0 Å². The van der Waals surface area contributed by atoms with E-state index in [2.05, 4.69) is 0 Å². The Kier molecular flexibility index (Phi) is 7.82. The van der Waals surface area contributed by atoms with Gasteiger partial charge in [0.15, 0.2) is 11.5 Å². The molecule has 0 atom stereocenters. The van der Waals surface area contributed by atoms with Crippen molar-refractivity contribution in [2.45, 2.75) is 0 Å². The number of methoxy groups -OCH3 is 3. The molecule has 0 amide bonds. The van der Waals surface area contributed by atoms with Crippen molar-refractivity contribution in [3.05, 3.63) is 53.1 Å². The third-order valence-electron chi connectivity index (χ3n) is 3.49. The fraction of sp³-hybridized carbons (Fsp3) is 0.250. The van der Waals surface area contributed by atoms with E-state index >= 15 is 0 Å². The Morgan fingerprint density at radius 2 is 1.70 bits per heavy atom. The maximum atomic E-state index is 11.8. The van der Waals surface area contributed by atoms with Crippen LogP contribution in [0.15, 0.2) is 42.5 Å². The van der Waals surface area contributed by atoms with Gasteiger partial charge in [0.05, 0.1) is 21.3 Å². The average Bonchev–Trinajstić information content (AvgIpc) is 2.68. The van der Waals surface area contributed by atoms with Crippen LogP contribution in [0.4, 0.5) is 0 Å². The zero-order valence-electron chi connectivity index (χ0n) is 15.4. The van der Waals surface area contributed by atoms with E-state index in [1.54, 1.807) is 42.5 Å². The summed E-state index contributed by atoms with van der Waals surface area (Å²) < 4.78 is 26.4. The van der Waals surface area contributed by atoms with Crippen LogP contribution in [0.1, 0.15) is 5.56 Å². The Hall–Kier alpha value is -2.86. The fourth-order valence-corrected chi connectivity index (χ4v) is 2.45. The van der Waals surface area contributed by atoms with Crippen molar-refractivity contribution in [3.63, 3.8) is 0 Å². The van der Waals surface area contributed by atoms with Crippen molar-refractivity contribution in [2.75, 3.05) is 34.5 Å². The van der Waals surface area contributed by atoms with Gasteiger partial charge in [0.1, 0.15) is 19.0 Å². The largest absolute Gasteiger partial charge is 0.493 e. The van der Waals surface area contributed by atoms with Crippen molar-refractivity contribution in [3.8, 4) is 23.0 Å². The number of carbonyl (C=O) groups excluding carboxylic acids is 1. The predicted molar refractivity (Wildman–Crippen MR) is 103 cm³/mol. The molecule has 6 nitrogen and oxygen atoms in total. The second kappa shape index (κ2) is 10.3. The van der Waals surface area contributed by atoms with Crippen molar-refractivity contribution in [1.82, 2.24) is 0 Å². The summed E-state index contributed by atoms with van der Waals surface area (Å²) in [4.78, 5) is 11.8. The zero-order valence-corrected chi connectivity index (χ0v) is 16.1. The first-order chi connectivity index (χ1) is 13.1. The van der Waals surface area contributed by atoms with Crippen LogP contribution in [0, 0.1) is 0 Å². The summed E-state index contributed by atoms with van der Waals surface area (Å²) in [6.07, 6.45) is 2.92. The lowest BCUT2D eigenvalue weighted by atomic mass is 10.1. The highest BCUT2D eigenvalue weighted by atomic mass is 35.5. The van der Waals surface area contributed by atoms with E-state index in [-0.39, 0.29) is 13.2 Å². The molecule has 7 heteroatoms. The molecule has 0 spiro atoms. The normalized spacial score (nSPS) is 10.5. The Bertz CT molecular complexity index is 778. The molecule has 0 radical (unpaired) electrons. The summed E-state index contributed by atoms with van der Waals surface area (Å²) in [5.41, 5.74) is 0.705. The number of rotatable bonds is 9. The van der Waals surface area contributed by atoms with Crippen molar-refractivity contribution in [1.29, 1.82) is 0 Å². The molecule has 2 aromatic carbocycles. The van der Waals surface area contributed by atoms with Gasteiger partial charge in [-0.25, -0.2) is 4.79 Å². The molecule has 0 saturated carbocycles. The topological polar surface area (TPSA) is 63.2 Å². The molecule has 0 bridgehead atoms. The molecular formula is C20H21ClO6. The van der Waals surface area contributed by atoms with E-state index in [9.17, 15) is 4.79 Å². The van der Waals surface area contributed by atoms with Crippen LogP contribution < -0.4 is 18.9 Å². The van der Waals surface area contributed by atoms with E-state index < -0.39 is 5.97 Å².